The first-order valence-electron chi connectivity index (χ1n) is 7.03. The maximum atomic E-state index is 11.8. The second-order valence-corrected chi connectivity index (χ2v) is 5.58. The summed E-state index contributed by atoms with van der Waals surface area (Å²) in [6, 6.07) is 7.51. The van der Waals surface area contributed by atoms with Crippen molar-refractivity contribution in [3.8, 4) is 0 Å². The first kappa shape index (κ1) is 14.9. The van der Waals surface area contributed by atoms with Crippen molar-refractivity contribution in [2.45, 2.75) is 19.3 Å². The number of nitrogens with zero attached hydrogens (tertiary/aromatic N) is 1. The van der Waals surface area contributed by atoms with E-state index in [9.17, 15) is 4.79 Å². The largest absolute Gasteiger partial charge is 0.389 e. The van der Waals surface area contributed by atoms with Crippen LogP contribution in [0.2, 0.25) is 0 Å². The molecule has 1 aliphatic rings. The molecule has 1 aromatic carbocycles. The summed E-state index contributed by atoms with van der Waals surface area (Å²) in [6.07, 6.45) is 2.96. The zero-order valence-corrected chi connectivity index (χ0v) is 12.4. The number of thiocarbonyl (C=S) groups is 1. The minimum Gasteiger partial charge on any atom is -0.389 e. The molecule has 0 aliphatic carbocycles. The SMILES string of the molecule is NC(=S)c1ccc(CC(=O)NCCN2CCCC2)cc1. The smallest absolute Gasteiger partial charge is 0.224 e. The highest BCUT2D eigenvalue weighted by molar-refractivity contribution is 7.80. The van der Waals surface area contributed by atoms with Gasteiger partial charge < -0.3 is 16.0 Å². The van der Waals surface area contributed by atoms with Crippen LogP contribution in [0.15, 0.2) is 24.3 Å². The third-order valence-electron chi connectivity index (χ3n) is 3.55. The van der Waals surface area contributed by atoms with Gasteiger partial charge in [-0.15, -0.1) is 0 Å². The van der Waals surface area contributed by atoms with Gasteiger partial charge in [-0.3, -0.25) is 4.79 Å². The standard InChI is InChI=1S/C15H21N3OS/c16-15(20)13-5-3-12(4-6-13)11-14(19)17-7-10-18-8-1-2-9-18/h3-6H,1-2,7-11H2,(H2,16,20)(H,17,19). The fraction of sp³-hybridized carbons (Fsp3) is 0.467. The Morgan fingerprint density at radius 2 is 1.90 bits per heavy atom. The average molecular weight is 291 g/mol. The topological polar surface area (TPSA) is 58.4 Å². The van der Waals surface area contributed by atoms with Crippen LogP contribution in [0.4, 0.5) is 0 Å². The van der Waals surface area contributed by atoms with Crippen molar-refractivity contribution in [3.63, 3.8) is 0 Å². The lowest BCUT2D eigenvalue weighted by Gasteiger charge is -2.14. The van der Waals surface area contributed by atoms with Crippen molar-refractivity contribution in [2.75, 3.05) is 26.2 Å². The molecule has 1 aliphatic heterocycles. The molecule has 0 radical (unpaired) electrons. The molecule has 4 nitrogen and oxygen atoms in total. The number of likely N-dealkylation sites (tertiary alicyclic amines) is 1. The molecule has 2 rings (SSSR count). The van der Waals surface area contributed by atoms with Crippen molar-refractivity contribution in [3.05, 3.63) is 35.4 Å². The van der Waals surface area contributed by atoms with Gasteiger partial charge in [0.2, 0.25) is 5.91 Å². The molecule has 0 unspecified atom stereocenters. The third kappa shape index (κ3) is 4.58. The van der Waals surface area contributed by atoms with Gasteiger partial charge in [-0.1, -0.05) is 36.5 Å². The number of hydrogen-bond donors (Lipinski definition) is 2. The predicted octanol–water partition coefficient (Wildman–Crippen LogP) is 1.08. The summed E-state index contributed by atoms with van der Waals surface area (Å²) in [5, 5.41) is 2.96. The number of nitrogens with two attached hydrogens (primary N) is 1. The lowest BCUT2D eigenvalue weighted by molar-refractivity contribution is -0.120. The van der Waals surface area contributed by atoms with Crippen LogP contribution in [-0.4, -0.2) is 42.0 Å². The van der Waals surface area contributed by atoms with E-state index in [2.05, 4.69) is 10.2 Å². The molecule has 1 aromatic rings. The molecule has 1 fully saturated rings. The quantitative estimate of drug-likeness (QED) is 0.770. The molecule has 108 valence electrons. The molecule has 1 amide bonds. The maximum absolute atomic E-state index is 11.8. The highest BCUT2D eigenvalue weighted by Gasteiger charge is 2.11. The molecular weight excluding hydrogens is 270 g/mol. The number of rotatable bonds is 6. The normalized spacial score (nSPS) is 15.2. The Morgan fingerprint density at radius 3 is 2.50 bits per heavy atom. The summed E-state index contributed by atoms with van der Waals surface area (Å²) < 4.78 is 0. The van der Waals surface area contributed by atoms with Crippen LogP contribution in [0.5, 0.6) is 0 Å². The Labute approximate surface area is 125 Å². The minimum absolute atomic E-state index is 0.0623. The first-order valence-corrected chi connectivity index (χ1v) is 7.44. The number of carbonyl (C=O) groups excluding carboxylic acids is 1. The van der Waals surface area contributed by atoms with Gasteiger partial charge in [0, 0.05) is 18.7 Å². The molecule has 0 saturated carbocycles. The molecule has 0 aromatic heterocycles. The van der Waals surface area contributed by atoms with E-state index < -0.39 is 0 Å². The number of hydrogen-bond acceptors (Lipinski definition) is 3. The maximum Gasteiger partial charge on any atom is 0.224 e. The number of nitrogens with one attached hydrogen (secondary N) is 1. The van der Waals surface area contributed by atoms with E-state index in [1.165, 1.54) is 12.8 Å². The van der Waals surface area contributed by atoms with Gasteiger partial charge in [0.25, 0.3) is 0 Å². The highest BCUT2D eigenvalue weighted by Crippen LogP contribution is 2.06. The summed E-state index contributed by atoms with van der Waals surface area (Å²) in [6.45, 7) is 4.00. The Kier molecular flexibility index (Phi) is 5.49. The molecule has 0 atom stereocenters. The summed E-state index contributed by atoms with van der Waals surface area (Å²) in [7, 11) is 0. The fourth-order valence-electron chi connectivity index (χ4n) is 2.39. The summed E-state index contributed by atoms with van der Waals surface area (Å²) in [5.74, 6) is 0.0623. The van der Waals surface area contributed by atoms with Crippen LogP contribution in [0.3, 0.4) is 0 Å². The van der Waals surface area contributed by atoms with Gasteiger partial charge in [0.1, 0.15) is 4.99 Å². The van der Waals surface area contributed by atoms with Crippen molar-refractivity contribution in [2.24, 2.45) is 5.73 Å². The van der Waals surface area contributed by atoms with E-state index in [0.717, 1.165) is 37.3 Å². The Bertz CT molecular complexity index is 467. The molecule has 1 heterocycles. The number of carbonyl (C=O) groups is 1. The number of amides is 1. The summed E-state index contributed by atoms with van der Waals surface area (Å²) in [5.41, 5.74) is 7.35. The van der Waals surface area contributed by atoms with Gasteiger partial charge in [-0.2, -0.15) is 0 Å². The van der Waals surface area contributed by atoms with Crippen LogP contribution in [0, 0.1) is 0 Å². The molecular formula is C15H21N3OS. The van der Waals surface area contributed by atoms with Crippen molar-refractivity contribution in [1.29, 1.82) is 0 Å². The van der Waals surface area contributed by atoms with Crippen molar-refractivity contribution >= 4 is 23.1 Å². The molecule has 0 bridgehead atoms. The fourth-order valence-corrected chi connectivity index (χ4v) is 2.53. The lowest BCUT2D eigenvalue weighted by atomic mass is 10.1. The average Bonchev–Trinajstić information content (AvgIpc) is 2.92. The van der Waals surface area contributed by atoms with E-state index in [-0.39, 0.29) is 5.91 Å². The highest BCUT2D eigenvalue weighted by atomic mass is 32.1. The zero-order chi connectivity index (χ0) is 14.4. The van der Waals surface area contributed by atoms with E-state index in [0.29, 0.717) is 11.4 Å². The third-order valence-corrected chi connectivity index (χ3v) is 3.79. The molecule has 1 saturated heterocycles. The van der Waals surface area contributed by atoms with Gasteiger partial charge in [0.15, 0.2) is 0 Å². The molecule has 0 spiro atoms. The predicted molar refractivity (Wildman–Crippen MR) is 84.7 cm³/mol. The van der Waals surface area contributed by atoms with Crippen molar-refractivity contribution in [1.82, 2.24) is 10.2 Å². The Morgan fingerprint density at radius 1 is 1.25 bits per heavy atom. The van der Waals surface area contributed by atoms with Gasteiger partial charge >= 0.3 is 0 Å². The van der Waals surface area contributed by atoms with Crippen molar-refractivity contribution < 1.29 is 4.79 Å². The zero-order valence-electron chi connectivity index (χ0n) is 11.6. The Balaban J connectivity index is 1.71. The molecule has 5 heteroatoms. The van der Waals surface area contributed by atoms with Crippen LogP contribution in [-0.2, 0) is 11.2 Å². The second kappa shape index (κ2) is 7.36. The van der Waals surface area contributed by atoms with Crippen LogP contribution < -0.4 is 11.1 Å². The first-order chi connectivity index (χ1) is 9.65. The number of benzene rings is 1. The van der Waals surface area contributed by atoms with E-state index in [1.54, 1.807) is 0 Å². The van der Waals surface area contributed by atoms with Gasteiger partial charge in [0.05, 0.1) is 6.42 Å². The molecule has 3 N–H and O–H groups in total. The molecule has 20 heavy (non-hydrogen) atoms. The van der Waals surface area contributed by atoms with Gasteiger partial charge in [-0.05, 0) is 31.5 Å². The lowest BCUT2D eigenvalue weighted by Crippen LogP contribution is -2.34. The monoisotopic (exact) mass is 291 g/mol. The van der Waals surface area contributed by atoms with E-state index >= 15 is 0 Å². The van der Waals surface area contributed by atoms with Crippen LogP contribution >= 0.6 is 12.2 Å². The van der Waals surface area contributed by atoms with Gasteiger partial charge in [-0.25, -0.2) is 0 Å². The summed E-state index contributed by atoms with van der Waals surface area (Å²) >= 11 is 4.90. The minimum atomic E-state index is 0.0623. The second-order valence-electron chi connectivity index (χ2n) is 5.14. The van der Waals surface area contributed by atoms with Crippen LogP contribution in [0.1, 0.15) is 24.0 Å². The Hall–Kier alpha value is -1.46. The van der Waals surface area contributed by atoms with Crippen LogP contribution in [0.25, 0.3) is 0 Å². The summed E-state index contributed by atoms with van der Waals surface area (Å²) in [4.78, 5) is 14.6. The van der Waals surface area contributed by atoms with E-state index in [4.69, 9.17) is 18.0 Å². The van der Waals surface area contributed by atoms with E-state index in [1.807, 2.05) is 24.3 Å².